The van der Waals surface area contributed by atoms with Crippen LogP contribution >= 0.6 is 23.4 Å². The molecule has 1 aliphatic carbocycles. The topological polar surface area (TPSA) is 78.3 Å². The maximum atomic E-state index is 13.7. The van der Waals surface area contributed by atoms with Gasteiger partial charge in [0.25, 0.3) is 0 Å². The van der Waals surface area contributed by atoms with Gasteiger partial charge in [0, 0.05) is 16.5 Å². The monoisotopic (exact) mass is 614 g/mol. The first kappa shape index (κ1) is 29.3. The van der Waals surface area contributed by atoms with E-state index in [-0.39, 0.29) is 12.1 Å². The molecule has 6 rings (SSSR count). The van der Waals surface area contributed by atoms with Gasteiger partial charge >= 0.3 is 5.97 Å². The van der Waals surface area contributed by atoms with Crippen molar-refractivity contribution in [3.63, 3.8) is 0 Å². The second-order valence-corrected chi connectivity index (χ2v) is 12.5. The number of ether oxygens (including phenoxy) is 2. The Hall–Kier alpha value is -3.75. The zero-order valence-corrected chi connectivity index (χ0v) is 26.0. The van der Waals surface area contributed by atoms with Gasteiger partial charge in [-0.3, -0.25) is 0 Å². The highest BCUT2D eigenvalue weighted by atomic mass is 35.5. The second kappa shape index (κ2) is 13.3. The molecule has 0 bridgehead atoms. The summed E-state index contributed by atoms with van der Waals surface area (Å²) in [5.41, 5.74) is 5.49. The number of hydrogen-bond donors (Lipinski definition) is 1. The average Bonchev–Trinajstić information content (AvgIpc) is 3.43. The van der Waals surface area contributed by atoms with Crippen LogP contribution in [0.1, 0.15) is 67.3 Å². The molecule has 2 heterocycles. The lowest BCUT2D eigenvalue weighted by atomic mass is 9.95. The first-order chi connectivity index (χ1) is 20.9. The zero-order valence-electron chi connectivity index (χ0n) is 24.4. The van der Waals surface area contributed by atoms with Crippen molar-refractivity contribution in [1.82, 2.24) is 14.8 Å². The maximum Gasteiger partial charge on any atom is 0.338 e. The van der Waals surface area contributed by atoms with E-state index in [4.69, 9.17) is 31.2 Å². The highest BCUT2D eigenvalue weighted by Crippen LogP contribution is 2.38. The van der Waals surface area contributed by atoms with Crippen LogP contribution in [0, 0.1) is 6.92 Å². The molecule has 1 fully saturated rings. The van der Waals surface area contributed by atoms with Crippen molar-refractivity contribution < 1.29 is 14.3 Å². The lowest BCUT2D eigenvalue weighted by molar-refractivity contribution is -0.146. The van der Waals surface area contributed by atoms with Crippen LogP contribution in [-0.2, 0) is 21.9 Å². The number of allylic oxidation sites excluding steroid dienone is 1. The first-order valence-electron chi connectivity index (χ1n) is 14.7. The van der Waals surface area contributed by atoms with Gasteiger partial charge in [-0.05, 0) is 74.4 Å². The lowest BCUT2D eigenvalue weighted by Crippen LogP contribution is -2.32. The summed E-state index contributed by atoms with van der Waals surface area (Å²) in [6.07, 6.45) is 5.11. The molecular weight excluding hydrogens is 580 g/mol. The quantitative estimate of drug-likeness (QED) is 0.150. The summed E-state index contributed by atoms with van der Waals surface area (Å²) < 4.78 is 13.9. The molecule has 1 N–H and O–H groups in total. The van der Waals surface area contributed by atoms with Crippen LogP contribution in [0.4, 0.5) is 5.95 Å². The third kappa shape index (κ3) is 6.92. The molecule has 222 valence electrons. The molecule has 0 radical (unpaired) electrons. The number of aromatic nitrogens is 3. The fourth-order valence-corrected chi connectivity index (χ4v) is 6.63. The highest BCUT2D eigenvalue weighted by molar-refractivity contribution is 7.98. The fraction of sp³-hybridized carbons (Fsp3) is 0.324. The van der Waals surface area contributed by atoms with Crippen molar-refractivity contribution in [2.75, 3.05) is 5.32 Å². The largest absolute Gasteiger partial charge is 0.489 e. The van der Waals surface area contributed by atoms with Crippen LogP contribution in [0.2, 0.25) is 5.02 Å². The van der Waals surface area contributed by atoms with Crippen LogP contribution in [0.3, 0.4) is 0 Å². The predicted molar refractivity (Wildman–Crippen MR) is 170 cm³/mol. The van der Waals surface area contributed by atoms with Crippen LogP contribution < -0.4 is 10.1 Å². The molecule has 2 aliphatic rings. The highest BCUT2D eigenvalue weighted by Gasteiger charge is 2.36. The second-order valence-electron chi connectivity index (χ2n) is 11.1. The Morgan fingerprint density at radius 3 is 2.49 bits per heavy atom. The summed E-state index contributed by atoms with van der Waals surface area (Å²) in [5.74, 6) is 1.65. The van der Waals surface area contributed by atoms with Crippen molar-refractivity contribution in [2.45, 2.75) is 75.6 Å². The van der Waals surface area contributed by atoms with Gasteiger partial charge in [0.15, 0.2) is 0 Å². The van der Waals surface area contributed by atoms with Crippen LogP contribution in [0.25, 0.3) is 0 Å². The Balaban J connectivity index is 1.27. The number of benzene rings is 3. The molecule has 7 nitrogen and oxygen atoms in total. The summed E-state index contributed by atoms with van der Waals surface area (Å²) in [5, 5.41) is 9.49. The molecule has 4 aromatic rings. The van der Waals surface area contributed by atoms with Gasteiger partial charge < -0.3 is 14.8 Å². The van der Waals surface area contributed by atoms with Crippen LogP contribution in [0.5, 0.6) is 5.75 Å². The smallest absolute Gasteiger partial charge is 0.338 e. The molecule has 1 unspecified atom stereocenters. The van der Waals surface area contributed by atoms with E-state index < -0.39 is 6.04 Å². The molecule has 3 aromatic carbocycles. The van der Waals surface area contributed by atoms with Crippen molar-refractivity contribution in [3.05, 3.63) is 111 Å². The number of fused-ring (bicyclic) bond motifs is 1. The SMILES string of the molecule is CC1=C(C(=O)OC2CCCCC2)C(c2ccc(OCc3ccc(C)cc3)cc2)n2nc(SCc3ccccc3Cl)nc2N1. The summed E-state index contributed by atoms with van der Waals surface area (Å²) in [6.45, 7) is 4.45. The number of carbonyl (C=O) groups excluding carboxylic acids is 1. The number of nitrogens with one attached hydrogen (secondary N) is 1. The molecule has 0 saturated heterocycles. The van der Waals surface area contributed by atoms with Gasteiger partial charge in [-0.15, -0.1) is 5.10 Å². The molecule has 1 aromatic heterocycles. The number of esters is 1. The van der Waals surface area contributed by atoms with E-state index >= 15 is 0 Å². The first-order valence-corrected chi connectivity index (χ1v) is 16.1. The minimum atomic E-state index is -0.499. The number of aryl methyl sites for hydroxylation is 1. The van der Waals surface area contributed by atoms with Crippen LogP contribution in [0.15, 0.2) is 89.2 Å². The van der Waals surface area contributed by atoms with Crippen molar-refractivity contribution in [2.24, 2.45) is 0 Å². The Labute approximate surface area is 261 Å². The molecule has 1 saturated carbocycles. The third-order valence-corrected chi connectivity index (χ3v) is 9.17. The van der Waals surface area contributed by atoms with E-state index in [2.05, 4.69) is 36.5 Å². The van der Waals surface area contributed by atoms with Crippen LogP contribution in [-0.4, -0.2) is 26.8 Å². The molecular formula is C34H35ClN4O3S. The van der Waals surface area contributed by atoms with E-state index in [1.165, 1.54) is 23.7 Å². The number of halogens is 1. The van der Waals surface area contributed by atoms with Gasteiger partial charge in [0.05, 0.1) is 5.57 Å². The molecule has 0 spiro atoms. The van der Waals surface area contributed by atoms with Gasteiger partial charge in [0.1, 0.15) is 24.5 Å². The minimum absolute atomic E-state index is 0.0568. The van der Waals surface area contributed by atoms with Gasteiger partial charge in [-0.25, -0.2) is 9.48 Å². The number of rotatable bonds is 9. The maximum absolute atomic E-state index is 13.7. The minimum Gasteiger partial charge on any atom is -0.489 e. The van der Waals surface area contributed by atoms with Gasteiger partial charge in [-0.2, -0.15) is 4.98 Å². The summed E-state index contributed by atoms with van der Waals surface area (Å²) in [6, 6.07) is 23.4. The Morgan fingerprint density at radius 1 is 1.00 bits per heavy atom. The molecule has 1 atom stereocenters. The van der Waals surface area contributed by atoms with Gasteiger partial charge in [-0.1, -0.05) is 89.9 Å². The summed E-state index contributed by atoms with van der Waals surface area (Å²) in [7, 11) is 0. The fourth-order valence-electron chi connectivity index (χ4n) is 5.52. The third-order valence-electron chi connectivity index (χ3n) is 7.92. The van der Waals surface area contributed by atoms with E-state index in [1.807, 2.05) is 55.5 Å². The van der Waals surface area contributed by atoms with E-state index in [0.717, 1.165) is 48.1 Å². The predicted octanol–water partition coefficient (Wildman–Crippen LogP) is 8.28. The van der Waals surface area contributed by atoms with E-state index in [1.54, 1.807) is 4.68 Å². The van der Waals surface area contributed by atoms with Crippen molar-refractivity contribution >= 4 is 35.3 Å². The average molecular weight is 615 g/mol. The molecule has 1 aliphatic heterocycles. The number of nitrogens with zero attached hydrogens (tertiary/aromatic N) is 3. The van der Waals surface area contributed by atoms with E-state index in [0.29, 0.717) is 39.8 Å². The normalized spacial score (nSPS) is 16.9. The number of thioether (sulfide) groups is 1. The molecule has 0 amide bonds. The number of carbonyl (C=O) groups is 1. The summed E-state index contributed by atoms with van der Waals surface area (Å²) >= 11 is 7.89. The molecule has 43 heavy (non-hydrogen) atoms. The van der Waals surface area contributed by atoms with Gasteiger partial charge in [0.2, 0.25) is 11.1 Å². The Kier molecular flexibility index (Phi) is 9.05. The Bertz CT molecular complexity index is 1610. The van der Waals surface area contributed by atoms with Crippen molar-refractivity contribution in [3.8, 4) is 5.75 Å². The van der Waals surface area contributed by atoms with E-state index in [9.17, 15) is 4.79 Å². The Morgan fingerprint density at radius 2 is 1.74 bits per heavy atom. The number of anilines is 1. The molecule has 9 heteroatoms. The lowest BCUT2D eigenvalue weighted by Gasteiger charge is -2.30. The summed E-state index contributed by atoms with van der Waals surface area (Å²) in [4.78, 5) is 18.5. The zero-order chi connectivity index (χ0) is 29.8. The standard InChI is InChI=1S/C34H35ClN4O3S/c1-22-12-14-24(15-13-22)20-41-27-18-16-25(17-19-27)31-30(32(40)42-28-9-4-3-5-10-28)23(2)36-33-37-34(38-39(31)33)43-21-26-8-6-7-11-29(26)35/h6-8,11-19,28,31H,3-5,9-10,20-21H2,1-2H3,(H,36,37,38). The number of hydrogen-bond acceptors (Lipinski definition) is 7. The van der Waals surface area contributed by atoms with Crippen molar-refractivity contribution in [1.29, 1.82) is 0 Å².